The van der Waals surface area contributed by atoms with Gasteiger partial charge in [0, 0.05) is 19.7 Å². The second kappa shape index (κ2) is 6.38. The lowest BCUT2D eigenvalue weighted by Gasteiger charge is -2.17. The number of ether oxygens (including phenoxy) is 1. The summed E-state index contributed by atoms with van der Waals surface area (Å²) in [5.74, 6) is 0.842. The summed E-state index contributed by atoms with van der Waals surface area (Å²) in [7, 11) is 1.76. The molecule has 1 N–H and O–H groups in total. The summed E-state index contributed by atoms with van der Waals surface area (Å²) in [4.78, 5) is 2.52. The molecule has 1 rings (SSSR count). The Balaban J connectivity index is 2.07. The van der Waals surface area contributed by atoms with E-state index < -0.39 is 0 Å². The Morgan fingerprint density at radius 3 is 2.93 bits per heavy atom. The first-order chi connectivity index (χ1) is 6.76. The highest BCUT2D eigenvalue weighted by Gasteiger charge is 2.20. The fourth-order valence-corrected chi connectivity index (χ4v) is 2.04. The Labute approximate surface area is 87.8 Å². The minimum atomic E-state index is 0.482. The first kappa shape index (κ1) is 12.0. The molecule has 2 atom stereocenters. The van der Waals surface area contributed by atoms with Crippen molar-refractivity contribution >= 4 is 0 Å². The van der Waals surface area contributed by atoms with E-state index >= 15 is 0 Å². The molecule has 14 heavy (non-hydrogen) atoms. The smallest absolute Gasteiger partial charge is 0.0613 e. The number of methoxy groups -OCH3 is 1. The van der Waals surface area contributed by atoms with E-state index in [1.807, 2.05) is 0 Å². The summed E-state index contributed by atoms with van der Waals surface area (Å²) in [6.07, 6.45) is 1.35. The first-order valence-corrected chi connectivity index (χ1v) is 5.71. The molecule has 1 aliphatic rings. The van der Waals surface area contributed by atoms with E-state index in [9.17, 15) is 0 Å². The van der Waals surface area contributed by atoms with Gasteiger partial charge in [-0.3, -0.25) is 0 Å². The molecule has 0 radical (unpaired) electrons. The maximum atomic E-state index is 5.09. The zero-order valence-corrected chi connectivity index (χ0v) is 9.75. The molecule has 3 heteroatoms. The molecule has 0 saturated carbocycles. The van der Waals surface area contributed by atoms with Gasteiger partial charge in [0.25, 0.3) is 0 Å². The summed E-state index contributed by atoms with van der Waals surface area (Å²) < 4.78 is 5.09. The van der Waals surface area contributed by atoms with Gasteiger partial charge in [0.05, 0.1) is 6.61 Å². The van der Waals surface area contributed by atoms with Crippen molar-refractivity contribution in [2.75, 3.05) is 39.9 Å². The van der Waals surface area contributed by atoms with E-state index in [1.165, 1.54) is 26.1 Å². The molecule has 0 bridgehead atoms. The maximum absolute atomic E-state index is 5.09. The van der Waals surface area contributed by atoms with Crippen LogP contribution in [0, 0.1) is 5.92 Å². The predicted octanol–water partition coefficient (Wildman–Crippen LogP) is 0.953. The monoisotopic (exact) mass is 200 g/mol. The third-order valence-electron chi connectivity index (χ3n) is 2.99. The van der Waals surface area contributed by atoms with Crippen LogP contribution in [0.4, 0.5) is 0 Å². The van der Waals surface area contributed by atoms with E-state index in [0.29, 0.717) is 6.04 Å². The van der Waals surface area contributed by atoms with E-state index in [4.69, 9.17) is 4.74 Å². The van der Waals surface area contributed by atoms with Crippen LogP contribution in [0.3, 0.4) is 0 Å². The van der Waals surface area contributed by atoms with E-state index in [-0.39, 0.29) is 0 Å². The third kappa shape index (κ3) is 3.95. The topological polar surface area (TPSA) is 24.5 Å². The van der Waals surface area contributed by atoms with Crippen molar-refractivity contribution in [2.45, 2.75) is 26.3 Å². The van der Waals surface area contributed by atoms with Gasteiger partial charge in [-0.2, -0.15) is 0 Å². The lowest BCUT2D eigenvalue weighted by molar-refractivity contribution is 0.170. The van der Waals surface area contributed by atoms with Crippen LogP contribution in [0.15, 0.2) is 0 Å². The standard InChI is InChI=1S/C11H24N2O/c1-4-13-6-5-11(8-13)7-12-10(2)9-14-3/h10-12H,4-9H2,1-3H3. The average molecular weight is 200 g/mol. The second-order valence-electron chi connectivity index (χ2n) is 4.31. The largest absolute Gasteiger partial charge is 0.383 e. The van der Waals surface area contributed by atoms with Crippen molar-refractivity contribution in [3.63, 3.8) is 0 Å². The highest BCUT2D eigenvalue weighted by molar-refractivity contribution is 4.77. The molecule has 0 aromatic heterocycles. The number of rotatable bonds is 6. The normalized spacial score (nSPS) is 25.5. The fraction of sp³-hybridized carbons (Fsp3) is 1.00. The highest BCUT2D eigenvalue weighted by atomic mass is 16.5. The van der Waals surface area contributed by atoms with Crippen molar-refractivity contribution in [3.8, 4) is 0 Å². The zero-order valence-electron chi connectivity index (χ0n) is 9.75. The maximum Gasteiger partial charge on any atom is 0.0613 e. The van der Waals surface area contributed by atoms with Gasteiger partial charge in [0.1, 0.15) is 0 Å². The van der Waals surface area contributed by atoms with Gasteiger partial charge < -0.3 is 15.0 Å². The molecule has 0 amide bonds. The Morgan fingerprint density at radius 2 is 2.36 bits per heavy atom. The van der Waals surface area contributed by atoms with Crippen molar-refractivity contribution in [1.82, 2.24) is 10.2 Å². The van der Waals surface area contributed by atoms with E-state index in [1.54, 1.807) is 7.11 Å². The van der Waals surface area contributed by atoms with Crippen LogP contribution in [0.2, 0.25) is 0 Å². The fourth-order valence-electron chi connectivity index (χ4n) is 2.04. The van der Waals surface area contributed by atoms with E-state index in [2.05, 4.69) is 24.1 Å². The molecule has 84 valence electrons. The van der Waals surface area contributed by atoms with Crippen LogP contribution in [-0.4, -0.2) is 50.8 Å². The second-order valence-corrected chi connectivity index (χ2v) is 4.31. The zero-order chi connectivity index (χ0) is 10.4. The SMILES string of the molecule is CCN1CCC(CNC(C)COC)C1. The Morgan fingerprint density at radius 1 is 1.57 bits per heavy atom. The van der Waals surface area contributed by atoms with Crippen LogP contribution in [0.5, 0.6) is 0 Å². The summed E-state index contributed by atoms with van der Waals surface area (Å²) in [5.41, 5.74) is 0. The molecule has 1 saturated heterocycles. The van der Waals surface area contributed by atoms with Crippen LogP contribution >= 0.6 is 0 Å². The summed E-state index contributed by atoms with van der Waals surface area (Å²) in [6.45, 7) is 10.1. The summed E-state index contributed by atoms with van der Waals surface area (Å²) in [6, 6.07) is 0.482. The Bertz CT molecular complexity index is 152. The van der Waals surface area contributed by atoms with Crippen LogP contribution in [-0.2, 0) is 4.74 Å². The molecular weight excluding hydrogens is 176 g/mol. The minimum absolute atomic E-state index is 0.482. The van der Waals surface area contributed by atoms with Gasteiger partial charge >= 0.3 is 0 Å². The highest BCUT2D eigenvalue weighted by Crippen LogP contribution is 2.14. The van der Waals surface area contributed by atoms with Crippen LogP contribution in [0.1, 0.15) is 20.3 Å². The minimum Gasteiger partial charge on any atom is -0.383 e. The molecule has 0 aromatic rings. The number of hydrogen-bond donors (Lipinski definition) is 1. The van der Waals surface area contributed by atoms with Gasteiger partial charge in [-0.15, -0.1) is 0 Å². The summed E-state index contributed by atoms with van der Waals surface area (Å²) >= 11 is 0. The molecule has 0 aliphatic carbocycles. The van der Waals surface area contributed by atoms with Gasteiger partial charge in [0.15, 0.2) is 0 Å². The first-order valence-electron chi connectivity index (χ1n) is 5.71. The van der Waals surface area contributed by atoms with E-state index in [0.717, 1.165) is 19.1 Å². The quantitative estimate of drug-likeness (QED) is 0.691. The lowest BCUT2D eigenvalue weighted by atomic mass is 10.1. The lowest BCUT2D eigenvalue weighted by Crippen LogP contribution is -2.35. The van der Waals surface area contributed by atoms with Gasteiger partial charge in [-0.25, -0.2) is 0 Å². The molecule has 1 heterocycles. The number of nitrogens with one attached hydrogen (secondary N) is 1. The molecule has 0 aromatic carbocycles. The summed E-state index contributed by atoms with van der Waals surface area (Å²) in [5, 5.41) is 3.52. The number of likely N-dealkylation sites (tertiary alicyclic amines) is 1. The Kier molecular flexibility index (Phi) is 5.45. The van der Waals surface area contributed by atoms with Gasteiger partial charge in [-0.05, 0) is 38.9 Å². The van der Waals surface area contributed by atoms with Crippen molar-refractivity contribution in [3.05, 3.63) is 0 Å². The van der Waals surface area contributed by atoms with Crippen molar-refractivity contribution in [1.29, 1.82) is 0 Å². The molecule has 2 unspecified atom stereocenters. The third-order valence-corrected chi connectivity index (χ3v) is 2.99. The average Bonchev–Trinajstić information content (AvgIpc) is 2.63. The van der Waals surface area contributed by atoms with Crippen LogP contribution < -0.4 is 5.32 Å². The van der Waals surface area contributed by atoms with Crippen LogP contribution in [0.25, 0.3) is 0 Å². The van der Waals surface area contributed by atoms with Gasteiger partial charge in [0.2, 0.25) is 0 Å². The Hall–Kier alpha value is -0.120. The van der Waals surface area contributed by atoms with Crippen molar-refractivity contribution in [2.24, 2.45) is 5.92 Å². The molecule has 1 aliphatic heterocycles. The number of hydrogen-bond acceptors (Lipinski definition) is 3. The molecule has 1 fully saturated rings. The van der Waals surface area contributed by atoms with Gasteiger partial charge in [-0.1, -0.05) is 6.92 Å². The molecule has 0 spiro atoms. The predicted molar refractivity (Wildman–Crippen MR) is 59.6 cm³/mol. The van der Waals surface area contributed by atoms with Crippen molar-refractivity contribution < 1.29 is 4.74 Å². The molecular formula is C11H24N2O. The number of nitrogens with zero attached hydrogens (tertiary/aromatic N) is 1. The molecule has 3 nitrogen and oxygen atoms in total.